The lowest BCUT2D eigenvalue weighted by molar-refractivity contribution is -0.138. The topological polar surface area (TPSA) is 60.9 Å². The summed E-state index contributed by atoms with van der Waals surface area (Å²) >= 11 is 7.29. The highest BCUT2D eigenvalue weighted by Crippen LogP contribution is 2.22. The number of thiophene rings is 1. The van der Waals surface area contributed by atoms with Gasteiger partial charge in [0.2, 0.25) is 0 Å². The Hall–Kier alpha value is -1.27. The number of carbonyl (C=O) groups is 2. The first-order valence-corrected chi connectivity index (χ1v) is 7.52. The fourth-order valence-corrected chi connectivity index (χ4v) is 3.10. The van der Waals surface area contributed by atoms with Gasteiger partial charge in [-0.25, -0.2) is 4.79 Å². The van der Waals surface area contributed by atoms with E-state index in [0.29, 0.717) is 17.4 Å². The maximum atomic E-state index is 12.3. The summed E-state index contributed by atoms with van der Waals surface area (Å²) in [5.74, 6) is -0.906. The van der Waals surface area contributed by atoms with Crippen molar-refractivity contribution >= 4 is 34.9 Å². The molecule has 1 N–H and O–H groups in total. The smallest absolute Gasteiger partial charge is 0.320 e. The van der Waals surface area contributed by atoms with Gasteiger partial charge in [-0.15, -0.1) is 11.3 Å². The summed E-state index contributed by atoms with van der Waals surface area (Å²) in [6, 6.07) is 3.17. The number of urea groups is 1. The van der Waals surface area contributed by atoms with Crippen molar-refractivity contribution in [1.82, 2.24) is 9.80 Å². The number of nitrogens with zero attached hydrogens (tertiary/aromatic N) is 2. The molecule has 1 unspecified atom stereocenters. The van der Waals surface area contributed by atoms with Crippen LogP contribution in [0.1, 0.15) is 25.1 Å². The van der Waals surface area contributed by atoms with E-state index in [9.17, 15) is 9.59 Å². The largest absolute Gasteiger partial charge is 0.481 e. The first-order valence-electron chi connectivity index (χ1n) is 6.32. The molecule has 20 heavy (non-hydrogen) atoms. The molecule has 0 saturated heterocycles. The fraction of sp³-hybridized carbons (Fsp3) is 0.538. The summed E-state index contributed by atoms with van der Waals surface area (Å²) in [6.07, 6.45) is -0.0573. The van der Waals surface area contributed by atoms with Gasteiger partial charge in [0, 0.05) is 24.5 Å². The normalized spacial score (nSPS) is 12.0. The van der Waals surface area contributed by atoms with Gasteiger partial charge in [-0.3, -0.25) is 4.79 Å². The third kappa shape index (κ3) is 4.68. The van der Waals surface area contributed by atoms with Crippen LogP contribution in [-0.4, -0.2) is 46.5 Å². The number of amides is 2. The molecule has 1 aromatic heterocycles. The molecule has 5 nitrogen and oxygen atoms in total. The Morgan fingerprint density at radius 1 is 1.45 bits per heavy atom. The van der Waals surface area contributed by atoms with Crippen LogP contribution in [0, 0.1) is 0 Å². The molecule has 1 heterocycles. The minimum Gasteiger partial charge on any atom is -0.481 e. The molecule has 0 aliphatic carbocycles. The molecule has 0 radical (unpaired) electrons. The Balaban J connectivity index is 2.67. The maximum absolute atomic E-state index is 12.3. The molecule has 7 heteroatoms. The minimum absolute atomic E-state index is 0.0573. The van der Waals surface area contributed by atoms with Crippen LogP contribution in [0.4, 0.5) is 4.79 Å². The van der Waals surface area contributed by atoms with Gasteiger partial charge in [0.15, 0.2) is 0 Å². The van der Waals surface area contributed by atoms with E-state index in [1.807, 2.05) is 13.0 Å². The predicted molar refractivity (Wildman–Crippen MR) is 80.3 cm³/mol. The summed E-state index contributed by atoms with van der Waals surface area (Å²) in [5.41, 5.74) is 0. The lowest BCUT2D eigenvalue weighted by Gasteiger charge is -2.31. The number of carbonyl (C=O) groups excluding carboxylic acids is 1. The molecular weight excluding hydrogens is 300 g/mol. The zero-order valence-electron chi connectivity index (χ0n) is 11.8. The van der Waals surface area contributed by atoms with Crippen molar-refractivity contribution in [3.8, 4) is 0 Å². The van der Waals surface area contributed by atoms with Crippen LogP contribution >= 0.6 is 22.9 Å². The molecule has 1 aromatic rings. The Labute approximate surface area is 127 Å². The van der Waals surface area contributed by atoms with Gasteiger partial charge in [0.05, 0.1) is 17.3 Å². The molecule has 0 spiro atoms. The van der Waals surface area contributed by atoms with Crippen molar-refractivity contribution in [3.63, 3.8) is 0 Å². The van der Waals surface area contributed by atoms with Crippen molar-refractivity contribution in [2.45, 2.75) is 32.9 Å². The van der Waals surface area contributed by atoms with E-state index in [-0.39, 0.29) is 18.5 Å². The summed E-state index contributed by atoms with van der Waals surface area (Å²) in [7, 11) is 1.70. The Morgan fingerprint density at radius 2 is 2.10 bits per heavy atom. The number of hydrogen-bond donors (Lipinski definition) is 1. The van der Waals surface area contributed by atoms with E-state index in [1.165, 1.54) is 11.3 Å². The van der Waals surface area contributed by atoms with Crippen LogP contribution in [0.25, 0.3) is 0 Å². The summed E-state index contributed by atoms with van der Waals surface area (Å²) < 4.78 is 0.687. The highest BCUT2D eigenvalue weighted by atomic mass is 35.5. The lowest BCUT2D eigenvalue weighted by Crippen LogP contribution is -2.46. The fourth-order valence-electron chi connectivity index (χ4n) is 1.96. The van der Waals surface area contributed by atoms with Gasteiger partial charge >= 0.3 is 12.0 Å². The maximum Gasteiger partial charge on any atom is 0.320 e. The first-order chi connectivity index (χ1) is 9.35. The van der Waals surface area contributed by atoms with E-state index < -0.39 is 5.97 Å². The average molecular weight is 319 g/mol. The molecule has 0 aliphatic rings. The monoisotopic (exact) mass is 318 g/mol. The molecule has 112 valence electrons. The van der Waals surface area contributed by atoms with Crippen LogP contribution in [0.2, 0.25) is 4.34 Å². The van der Waals surface area contributed by atoms with E-state index in [2.05, 4.69) is 0 Å². The van der Waals surface area contributed by atoms with Gasteiger partial charge in [-0.2, -0.15) is 0 Å². The second-order valence-electron chi connectivity index (χ2n) is 4.58. The van der Waals surface area contributed by atoms with Crippen molar-refractivity contribution < 1.29 is 14.7 Å². The summed E-state index contributed by atoms with van der Waals surface area (Å²) in [6.45, 7) is 4.52. The molecule has 0 aromatic carbocycles. The third-order valence-electron chi connectivity index (χ3n) is 2.94. The Bertz CT molecular complexity index is 478. The SMILES string of the molecule is CCN(C(=O)N(C)Cc1ccc(Cl)s1)C(C)CC(=O)O. The standard InChI is InChI=1S/C13H19ClN2O3S/c1-4-16(9(2)7-12(17)18)13(19)15(3)8-10-5-6-11(14)20-10/h5-6,9H,4,7-8H2,1-3H3,(H,17,18). The van der Waals surface area contributed by atoms with Crippen LogP contribution in [0.3, 0.4) is 0 Å². The van der Waals surface area contributed by atoms with E-state index in [4.69, 9.17) is 16.7 Å². The average Bonchev–Trinajstić information content (AvgIpc) is 2.74. The summed E-state index contributed by atoms with van der Waals surface area (Å²) in [4.78, 5) is 27.2. The Kier molecular flexibility index (Phi) is 6.29. The van der Waals surface area contributed by atoms with Crippen molar-refractivity contribution in [1.29, 1.82) is 0 Å². The van der Waals surface area contributed by atoms with E-state index >= 15 is 0 Å². The number of carboxylic acids is 1. The van der Waals surface area contributed by atoms with Crippen LogP contribution in [0.15, 0.2) is 12.1 Å². The number of rotatable bonds is 6. The highest BCUT2D eigenvalue weighted by molar-refractivity contribution is 7.16. The van der Waals surface area contributed by atoms with Crippen molar-refractivity contribution in [2.75, 3.05) is 13.6 Å². The number of halogens is 1. The third-order valence-corrected chi connectivity index (χ3v) is 4.15. The zero-order chi connectivity index (χ0) is 15.3. The molecular formula is C13H19ClN2O3S. The van der Waals surface area contributed by atoms with Gasteiger partial charge < -0.3 is 14.9 Å². The van der Waals surface area contributed by atoms with Gasteiger partial charge in [0.1, 0.15) is 0 Å². The predicted octanol–water partition coefficient (Wildman–Crippen LogP) is 3.14. The second kappa shape index (κ2) is 7.50. The van der Waals surface area contributed by atoms with Gasteiger partial charge in [0.25, 0.3) is 0 Å². The van der Waals surface area contributed by atoms with E-state index in [0.717, 1.165) is 4.88 Å². The first kappa shape index (κ1) is 16.8. The highest BCUT2D eigenvalue weighted by Gasteiger charge is 2.23. The molecule has 2 amide bonds. The molecule has 0 saturated carbocycles. The van der Waals surface area contributed by atoms with Gasteiger partial charge in [-0.05, 0) is 26.0 Å². The second-order valence-corrected chi connectivity index (χ2v) is 6.38. The number of aliphatic carboxylic acids is 1. The van der Waals surface area contributed by atoms with Crippen LogP contribution in [-0.2, 0) is 11.3 Å². The minimum atomic E-state index is -0.906. The Morgan fingerprint density at radius 3 is 2.55 bits per heavy atom. The zero-order valence-corrected chi connectivity index (χ0v) is 13.4. The molecule has 0 fully saturated rings. The van der Waals surface area contributed by atoms with Crippen LogP contribution in [0.5, 0.6) is 0 Å². The quantitative estimate of drug-likeness (QED) is 0.876. The van der Waals surface area contributed by atoms with Crippen molar-refractivity contribution in [3.05, 3.63) is 21.3 Å². The summed E-state index contributed by atoms with van der Waals surface area (Å²) in [5, 5.41) is 8.82. The van der Waals surface area contributed by atoms with Gasteiger partial charge in [-0.1, -0.05) is 11.6 Å². The lowest BCUT2D eigenvalue weighted by atomic mass is 10.2. The van der Waals surface area contributed by atoms with Crippen molar-refractivity contribution in [2.24, 2.45) is 0 Å². The molecule has 0 bridgehead atoms. The molecule has 0 aliphatic heterocycles. The number of carboxylic acid groups (broad SMARTS) is 1. The van der Waals surface area contributed by atoms with E-state index in [1.54, 1.807) is 29.8 Å². The molecule has 1 atom stereocenters. The van der Waals surface area contributed by atoms with Crippen LogP contribution < -0.4 is 0 Å². The number of hydrogen-bond acceptors (Lipinski definition) is 3. The molecule has 1 rings (SSSR count).